The normalized spacial score (nSPS) is 18.6. The molecule has 5 heteroatoms. The van der Waals surface area contributed by atoms with Crippen molar-refractivity contribution in [1.29, 1.82) is 0 Å². The molecule has 0 radical (unpaired) electrons. The fraction of sp³-hybridized carbons (Fsp3) is 0.467. The van der Waals surface area contributed by atoms with Gasteiger partial charge in [0, 0.05) is 25.8 Å². The molecule has 5 nitrogen and oxygen atoms in total. The zero-order valence-corrected chi connectivity index (χ0v) is 11.8. The third kappa shape index (κ3) is 2.29. The first-order valence-corrected chi connectivity index (χ1v) is 6.96. The number of rotatable bonds is 3. The molecule has 1 aliphatic rings. The summed E-state index contributed by atoms with van der Waals surface area (Å²) in [7, 11) is 1.78. The number of carbonyl (C=O) groups is 1. The molecule has 20 heavy (non-hydrogen) atoms. The highest BCUT2D eigenvalue weighted by molar-refractivity contribution is 5.96. The molecule has 2 aromatic rings. The second kappa shape index (κ2) is 5.25. The van der Waals surface area contributed by atoms with Crippen LogP contribution < -0.4 is 0 Å². The SMILES string of the molecule is CCN(C)C(=O)c1ccc2nc(C3CCCO3)oc2c1. The Balaban J connectivity index is 1.92. The first-order chi connectivity index (χ1) is 9.69. The molecule has 0 saturated carbocycles. The zero-order chi connectivity index (χ0) is 14.1. The molecule has 1 atom stereocenters. The summed E-state index contributed by atoms with van der Waals surface area (Å²) >= 11 is 0. The van der Waals surface area contributed by atoms with Gasteiger partial charge in [-0.1, -0.05) is 0 Å². The summed E-state index contributed by atoms with van der Waals surface area (Å²) in [6, 6.07) is 5.38. The largest absolute Gasteiger partial charge is 0.438 e. The van der Waals surface area contributed by atoms with E-state index < -0.39 is 0 Å². The number of aromatic nitrogens is 1. The number of oxazole rings is 1. The van der Waals surface area contributed by atoms with Crippen LogP contribution in [0.2, 0.25) is 0 Å². The standard InChI is InChI=1S/C15H18N2O3/c1-3-17(2)15(18)10-6-7-11-13(9-10)20-14(16-11)12-5-4-8-19-12/h6-7,9,12H,3-5,8H2,1-2H3. The molecule has 1 saturated heterocycles. The lowest BCUT2D eigenvalue weighted by Gasteiger charge is -2.13. The van der Waals surface area contributed by atoms with Gasteiger partial charge in [-0.2, -0.15) is 0 Å². The third-order valence-electron chi connectivity index (χ3n) is 3.68. The number of hydrogen-bond donors (Lipinski definition) is 0. The number of benzene rings is 1. The van der Waals surface area contributed by atoms with Crippen LogP contribution in [0.5, 0.6) is 0 Å². The topological polar surface area (TPSA) is 55.6 Å². The summed E-state index contributed by atoms with van der Waals surface area (Å²) in [5, 5.41) is 0. The van der Waals surface area contributed by atoms with Crippen molar-refractivity contribution in [1.82, 2.24) is 9.88 Å². The van der Waals surface area contributed by atoms with E-state index in [9.17, 15) is 4.79 Å². The summed E-state index contributed by atoms with van der Waals surface area (Å²) in [6.07, 6.45) is 1.94. The van der Waals surface area contributed by atoms with Gasteiger partial charge in [-0.25, -0.2) is 4.98 Å². The lowest BCUT2D eigenvalue weighted by atomic mass is 10.2. The van der Waals surface area contributed by atoms with E-state index in [1.54, 1.807) is 24.1 Å². The Hall–Kier alpha value is -1.88. The van der Waals surface area contributed by atoms with Crippen LogP contribution in [0.15, 0.2) is 22.6 Å². The Morgan fingerprint density at radius 2 is 2.35 bits per heavy atom. The van der Waals surface area contributed by atoms with E-state index in [2.05, 4.69) is 4.98 Å². The van der Waals surface area contributed by atoms with Gasteiger partial charge in [0.25, 0.3) is 5.91 Å². The predicted octanol–water partition coefficient (Wildman–Crippen LogP) is 2.77. The van der Waals surface area contributed by atoms with Crippen LogP contribution in [0.3, 0.4) is 0 Å². The highest BCUT2D eigenvalue weighted by Gasteiger charge is 2.23. The average molecular weight is 274 g/mol. The number of fused-ring (bicyclic) bond motifs is 1. The molecule has 1 aromatic heterocycles. The van der Waals surface area contributed by atoms with E-state index in [1.165, 1.54) is 0 Å². The van der Waals surface area contributed by atoms with E-state index in [0.29, 0.717) is 23.6 Å². The molecule has 1 amide bonds. The van der Waals surface area contributed by atoms with Gasteiger partial charge in [0.2, 0.25) is 5.89 Å². The lowest BCUT2D eigenvalue weighted by molar-refractivity contribution is 0.0802. The minimum atomic E-state index is -0.0418. The van der Waals surface area contributed by atoms with E-state index in [0.717, 1.165) is 25.0 Å². The maximum Gasteiger partial charge on any atom is 0.253 e. The fourth-order valence-electron chi connectivity index (χ4n) is 2.35. The van der Waals surface area contributed by atoms with Gasteiger partial charge in [0.05, 0.1) is 0 Å². The van der Waals surface area contributed by atoms with Gasteiger partial charge >= 0.3 is 0 Å². The van der Waals surface area contributed by atoms with Crippen LogP contribution in [-0.4, -0.2) is 36.0 Å². The molecule has 0 bridgehead atoms. The van der Waals surface area contributed by atoms with Crippen molar-refractivity contribution >= 4 is 17.0 Å². The minimum absolute atomic E-state index is 0.00975. The molecule has 2 heterocycles. The van der Waals surface area contributed by atoms with E-state index >= 15 is 0 Å². The maximum atomic E-state index is 12.1. The molecule has 106 valence electrons. The number of amides is 1. The van der Waals surface area contributed by atoms with Crippen molar-refractivity contribution in [2.45, 2.75) is 25.9 Å². The monoisotopic (exact) mass is 274 g/mol. The van der Waals surface area contributed by atoms with Crippen molar-refractivity contribution in [2.75, 3.05) is 20.2 Å². The fourth-order valence-corrected chi connectivity index (χ4v) is 2.35. The number of ether oxygens (including phenoxy) is 1. The molecule has 1 aliphatic heterocycles. The van der Waals surface area contributed by atoms with Crippen molar-refractivity contribution in [2.24, 2.45) is 0 Å². The van der Waals surface area contributed by atoms with Crippen molar-refractivity contribution in [3.05, 3.63) is 29.7 Å². The van der Waals surface area contributed by atoms with Crippen LogP contribution in [0.25, 0.3) is 11.1 Å². The van der Waals surface area contributed by atoms with Gasteiger partial charge in [-0.15, -0.1) is 0 Å². The predicted molar refractivity (Wildman–Crippen MR) is 74.6 cm³/mol. The van der Waals surface area contributed by atoms with Gasteiger partial charge in [-0.3, -0.25) is 4.79 Å². The van der Waals surface area contributed by atoms with Gasteiger partial charge in [-0.05, 0) is 38.0 Å². The number of nitrogens with zero attached hydrogens (tertiary/aromatic N) is 2. The quantitative estimate of drug-likeness (QED) is 0.863. The summed E-state index contributed by atoms with van der Waals surface area (Å²) in [5.41, 5.74) is 2.04. The highest BCUT2D eigenvalue weighted by atomic mass is 16.5. The van der Waals surface area contributed by atoms with E-state index in [4.69, 9.17) is 9.15 Å². The molecule has 0 spiro atoms. The van der Waals surface area contributed by atoms with Crippen LogP contribution in [0, 0.1) is 0 Å². The lowest BCUT2D eigenvalue weighted by Crippen LogP contribution is -2.26. The Labute approximate surface area is 117 Å². The van der Waals surface area contributed by atoms with Crippen molar-refractivity contribution in [3.8, 4) is 0 Å². The van der Waals surface area contributed by atoms with Crippen LogP contribution in [-0.2, 0) is 4.74 Å². The van der Waals surface area contributed by atoms with Crippen LogP contribution >= 0.6 is 0 Å². The molecule has 3 rings (SSSR count). The van der Waals surface area contributed by atoms with Gasteiger partial charge in [0.1, 0.15) is 11.6 Å². The molecule has 1 aromatic carbocycles. The van der Waals surface area contributed by atoms with Crippen molar-refractivity contribution < 1.29 is 13.9 Å². The molecule has 1 unspecified atom stereocenters. The summed E-state index contributed by atoms with van der Waals surface area (Å²) in [6.45, 7) is 3.38. The number of hydrogen-bond acceptors (Lipinski definition) is 4. The smallest absolute Gasteiger partial charge is 0.253 e. The Bertz CT molecular complexity index is 629. The highest BCUT2D eigenvalue weighted by Crippen LogP contribution is 2.30. The van der Waals surface area contributed by atoms with Gasteiger partial charge < -0.3 is 14.1 Å². The Morgan fingerprint density at radius 1 is 1.50 bits per heavy atom. The molecule has 1 fully saturated rings. The molecule has 0 N–H and O–H groups in total. The second-order valence-electron chi connectivity index (χ2n) is 5.06. The summed E-state index contributed by atoms with van der Waals surface area (Å²) in [5.74, 6) is 0.607. The van der Waals surface area contributed by atoms with E-state index in [-0.39, 0.29) is 12.0 Å². The molecule has 0 aliphatic carbocycles. The molecular formula is C15H18N2O3. The van der Waals surface area contributed by atoms with E-state index in [1.807, 2.05) is 13.0 Å². The minimum Gasteiger partial charge on any atom is -0.438 e. The molecular weight excluding hydrogens is 256 g/mol. The first kappa shape index (κ1) is 13.1. The van der Waals surface area contributed by atoms with Crippen LogP contribution in [0.1, 0.15) is 42.1 Å². The maximum absolute atomic E-state index is 12.1. The van der Waals surface area contributed by atoms with Crippen LogP contribution in [0.4, 0.5) is 0 Å². The van der Waals surface area contributed by atoms with Crippen molar-refractivity contribution in [3.63, 3.8) is 0 Å². The summed E-state index contributed by atoms with van der Waals surface area (Å²) < 4.78 is 11.3. The first-order valence-electron chi connectivity index (χ1n) is 6.96. The second-order valence-corrected chi connectivity index (χ2v) is 5.06. The summed E-state index contributed by atoms with van der Waals surface area (Å²) in [4.78, 5) is 18.2. The number of carbonyl (C=O) groups excluding carboxylic acids is 1. The third-order valence-corrected chi connectivity index (χ3v) is 3.68. The Kier molecular flexibility index (Phi) is 3.44. The Morgan fingerprint density at radius 3 is 3.05 bits per heavy atom. The zero-order valence-electron chi connectivity index (χ0n) is 11.8. The van der Waals surface area contributed by atoms with Gasteiger partial charge in [0.15, 0.2) is 5.58 Å². The average Bonchev–Trinajstić information content (AvgIpc) is 3.12.